The van der Waals surface area contributed by atoms with Crippen LogP contribution in [0.25, 0.3) is 0 Å². The Labute approximate surface area is 127 Å². The standard InChI is InChI=1S/C17H26N2O2/c1-18-17(16(20)21-3,15-10-5-4-6-11-15)13-19(2)12-14-8-7-9-14/h4-6,10-11,14,18H,7-9,12-13H2,1-3H3. The number of carbonyl (C=O) groups excluding carboxylic acids is 1. The first-order valence-electron chi connectivity index (χ1n) is 7.64. The summed E-state index contributed by atoms with van der Waals surface area (Å²) in [5.74, 6) is 0.537. The summed E-state index contributed by atoms with van der Waals surface area (Å²) in [6, 6.07) is 9.82. The smallest absolute Gasteiger partial charge is 0.332 e. The molecule has 1 aromatic carbocycles. The van der Waals surface area contributed by atoms with Gasteiger partial charge in [0, 0.05) is 13.1 Å². The minimum absolute atomic E-state index is 0.239. The van der Waals surface area contributed by atoms with E-state index in [2.05, 4.69) is 17.3 Å². The van der Waals surface area contributed by atoms with Gasteiger partial charge in [0.2, 0.25) is 0 Å². The topological polar surface area (TPSA) is 41.6 Å². The number of rotatable bonds is 7. The first-order valence-corrected chi connectivity index (χ1v) is 7.64. The second kappa shape index (κ2) is 7.05. The van der Waals surface area contributed by atoms with E-state index in [1.807, 2.05) is 37.4 Å². The zero-order chi connectivity index (χ0) is 15.3. The van der Waals surface area contributed by atoms with Crippen molar-refractivity contribution < 1.29 is 9.53 Å². The molecular formula is C17H26N2O2. The van der Waals surface area contributed by atoms with Gasteiger partial charge in [-0.05, 0) is 38.4 Å². The fourth-order valence-electron chi connectivity index (χ4n) is 3.08. The molecule has 0 spiro atoms. The second-order valence-corrected chi connectivity index (χ2v) is 6.01. The number of hydrogen-bond donors (Lipinski definition) is 1. The third-order valence-electron chi connectivity index (χ3n) is 4.53. The molecular weight excluding hydrogens is 264 g/mol. The van der Waals surface area contributed by atoms with E-state index in [1.165, 1.54) is 26.4 Å². The fraction of sp³-hybridized carbons (Fsp3) is 0.588. The lowest BCUT2D eigenvalue weighted by atomic mass is 9.84. The van der Waals surface area contributed by atoms with Crippen LogP contribution in [0, 0.1) is 5.92 Å². The van der Waals surface area contributed by atoms with Crippen LogP contribution in [0.3, 0.4) is 0 Å². The van der Waals surface area contributed by atoms with E-state index >= 15 is 0 Å². The summed E-state index contributed by atoms with van der Waals surface area (Å²) < 4.78 is 5.08. The Morgan fingerprint density at radius 3 is 2.52 bits per heavy atom. The Bertz CT molecular complexity index is 459. The van der Waals surface area contributed by atoms with Gasteiger partial charge in [-0.2, -0.15) is 0 Å². The summed E-state index contributed by atoms with van der Waals surface area (Å²) in [5.41, 5.74) is 0.133. The number of methoxy groups -OCH3 is 1. The lowest BCUT2D eigenvalue weighted by Crippen LogP contribution is -2.55. The maximum Gasteiger partial charge on any atom is 0.332 e. The highest BCUT2D eigenvalue weighted by Gasteiger charge is 2.41. The number of nitrogens with one attached hydrogen (secondary N) is 1. The van der Waals surface area contributed by atoms with Crippen LogP contribution in [0.2, 0.25) is 0 Å². The molecule has 0 aliphatic heterocycles. The summed E-state index contributed by atoms with van der Waals surface area (Å²) in [4.78, 5) is 14.7. The highest BCUT2D eigenvalue weighted by Crippen LogP contribution is 2.29. The fourth-order valence-corrected chi connectivity index (χ4v) is 3.08. The molecule has 0 heterocycles. The Kier molecular flexibility index (Phi) is 5.37. The number of benzene rings is 1. The number of nitrogens with zero attached hydrogens (tertiary/aromatic N) is 1. The van der Waals surface area contributed by atoms with E-state index < -0.39 is 5.54 Å². The Hall–Kier alpha value is -1.39. The SMILES string of the molecule is CNC(CN(C)CC1CCC1)(C(=O)OC)c1ccccc1. The summed E-state index contributed by atoms with van der Waals surface area (Å²) >= 11 is 0. The van der Waals surface area contributed by atoms with Crippen molar-refractivity contribution in [2.24, 2.45) is 5.92 Å². The quantitative estimate of drug-likeness (QED) is 0.780. The Morgan fingerprint density at radius 2 is 2.05 bits per heavy atom. The Morgan fingerprint density at radius 1 is 1.38 bits per heavy atom. The molecule has 0 radical (unpaired) electrons. The minimum Gasteiger partial charge on any atom is -0.467 e. The molecule has 0 aromatic heterocycles. The molecule has 1 aliphatic carbocycles. The first kappa shape index (κ1) is 16.0. The van der Waals surface area contributed by atoms with E-state index in [-0.39, 0.29) is 5.97 Å². The molecule has 0 amide bonds. The van der Waals surface area contributed by atoms with Crippen molar-refractivity contribution in [1.82, 2.24) is 10.2 Å². The van der Waals surface area contributed by atoms with E-state index in [0.29, 0.717) is 6.54 Å². The van der Waals surface area contributed by atoms with Gasteiger partial charge in [-0.3, -0.25) is 0 Å². The van der Waals surface area contributed by atoms with Crippen molar-refractivity contribution in [1.29, 1.82) is 0 Å². The van der Waals surface area contributed by atoms with Crippen molar-refractivity contribution in [2.45, 2.75) is 24.8 Å². The van der Waals surface area contributed by atoms with E-state index in [0.717, 1.165) is 18.0 Å². The maximum absolute atomic E-state index is 12.5. The molecule has 4 nitrogen and oxygen atoms in total. The molecule has 21 heavy (non-hydrogen) atoms. The van der Waals surface area contributed by atoms with Crippen LogP contribution in [0.15, 0.2) is 30.3 Å². The van der Waals surface area contributed by atoms with Crippen molar-refractivity contribution in [3.63, 3.8) is 0 Å². The van der Waals surface area contributed by atoms with Crippen molar-refractivity contribution in [3.05, 3.63) is 35.9 Å². The van der Waals surface area contributed by atoms with Crippen LogP contribution in [0.5, 0.6) is 0 Å². The van der Waals surface area contributed by atoms with E-state index in [1.54, 1.807) is 0 Å². The second-order valence-electron chi connectivity index (χ2n) is 6.01. The number of ether oxygens (including phenoxy) is 1. The van der Waals surface area contributed by atoms with Crippen LogP contribution in [-0.4, -0.2) is 45.2 Å². The van der Waals surface area contributed by atoms with Gasteiger partial charge in [0.05, 0.1) is 7.11 Å². The molecule has 1 saturated carbocycles. The predicted octanol–water partition coefficient (Wildman–Crippen LogP) is 2.01. The predicted molar refractivity (Wildman–Crippen MR) is 84.0 cm³/mol. The van der Waals surface area contributed by atoms with Crippen LogP contribution in [-0.2, 0) is 15.1 Å². The summed E-state index contributed by atoms with van der Waals surface area (Å²) in [7, 11) is 5.35. The highest BCUT2D eigenvalue weighted by molar-refractivity contribution is 5.83. The molecule has 0 bridgehead atoms. The molecule has 2 rings (SSSR count). The van der Waals surface area contributed by atoms with Gasteiger partial charge in [-0.25, -0.2) is 4.79 Å². The lowest BCUT2D eigenvalue weighted by Gasteiger charge is -2.37. The summed E-state index contributed by atoms with van der Waals surface area (Å²) in [6.45, 7) is 1.64. The molecule has 1 atom stereocenters. The average Bonchev–Trinajstić information content (AvgIpc) is 2.48. The van der Waals surface area contributed by atoms with Gasteiger partial charge in [-0.15, -0.1) is 0 Å². The van der Waals surface area contributed by atoms with Gasteiger partial charge < -0.3 is 15.0 Å². The number of hydrogen-bond acceptors (Lipinski definition) is 4. The molecule has 4 heteroatoms. The molecule has 116 valence electrons. The molecule has 1 aromatic rings. The highest BCUT2D eigenvalue weighted by atomic mass is 16.5. The van der Waals surface area contributed by atoms with Gasteiger partial charge in [0.25, 0.3) is 0 Å². The van der Waals surface area contributed by atoms with Gasteiger partial charge in [0.1, 0.15) is 0 Å². The average molecular weight is 290 g/mol. The van der Waals surface area contributed by atoms with Crippen molar-refractivity contribution >= 4 is 5.97 Å². The van der Waals surface area contributed by atoms with Crippen LogP contribution < -0.4 is 5.32 Å². The number of carbonyl (C=O) groups is 1. The first-order chi connectivity index (χ1) is 10.1. The third kappa shape index (κ3) is 3.44. The molecule has 0 saturated heterocycles. The summed E-state index contributed by atoms with van der Waals surface area (Å²) in [6.07, 6.45) is 3.95. The third-order valence-corrected chi connectivity index (χ3v) is 4.53. The van der Waals surface area contributed by atoms with Crippen molar-refractivity contribution in [2.75, 3.05) is 34.3 Å². The van der Waals surface area contributed by atoms with E-state index in [9.17, 15) is 4.79 Å². The molecule has 1 N–H and O–H groups in total. The minimum atomic E-state index is -0.811. The van der Waals surface area contributed by atoms with Crippen molar-refractivity contribution in [3.8, 4) is 0 Å². The molecule has 1 fully saturated rings. The molecule has 1 unspecified atom stereocenters. The zero-order valence-corrected chi connectivity index (χ0v) is 13.3. The number of likely N-dealkylation sites (N-methyl/N-ethyl adjacent to an activating group) is 2. The van der Waals surface area contributed by atoms with E-state index in [4.69, 9.17) is 4.74 Å². The molecule has 1 aliphatic rings. The van der Waals surface area contributed by atoms with Gasteiger partial charge in [0.15, 0.2) is 5.54 Å². The van der Waals surface area contributed by atoms with Gasteiger partial charge in [-0.1, -0.05) is 36.8 Å². The van der Waals surface area contributed by atoms with Crippen LogP contribution >= 0.6 is 0 Å². The maximum atomic E-state index is 12.5. The number of esters is 1. The largest absolute Gasteiger partial charge is 0.467 e. The monoisotopic (exact) mass is 290 g/mol. The lowest BCUT2D eigenvalue weighted by molar-refractivity contribution is -0.150. The van der Waals surface area contributed by atoms with Gasteiger partial charge >= 0.3 is 5.97 Å². The zero-order valence-electron chi connectivity index (χ0n) is 13.3. The van der Waals surface area contributed by atoms with Crippen LogP contribution in [0.1, 0.15) is 24.8 Å². The summed E-state index contributed by atoms with van der Waals surface area (Å²) in [5, 5.41) is 3.21. The van der Waals surface area contributed by atoms with Crippen LogP contribution in [0.4, 0.5) is 0 Å². The Balaban J connectivity index is 2.20. The normalized spacial score (nSPS) is 18.1.